The van der Waals surface area contributed by atoms with Crippen LogP contribution in [0.1, 0.15) is 53.8 Å². The molecule has 2 aliphatic rings. The zero-order valence-corrected chi connectivity index (χ0v) is 22.5. The molecule has 0 saturated heterocycles. The molecule has 0 N–H and O–H groups in total. The molecule has 34 heavy (non-hydrogen) atoms. The Hall–Kier alpha value is -2.22. The van der Waals surface area contributed by atoms with E-state index in [1.54, 1.807) is 15.9 Å². The van der Waals surface area contributed by atoms with E-state index in [1.165, 1.54) is 5.57 Å². The van der Waals surface area contributed by atoms with E-state index in [4.69, 9.17) is 16.7 Å². The normalized spacial score (nSPS) is 21.0. The van der Waals surface area contributed by atoms with E-state index < -0.39 is 0 Å². The number of benzene rings is 2. The summed E-state index contributed by atoms with van der Waals surface area (Å²) in [6.07, 6.45) is 6.84. The number of rotatable bonds is 4. The maximum absolute atomic E-state index is 13.7. The van der Waals surface area contributed by atoms with E-state index in [1.807, 2.05) is 31.2 Å². The molecular formula is C26H23Br2ClN4O. The number of allylic oxidation sites excluding steroid dienone is 1. The van der Waals surface area contributed by atoms with Crippen molar-refractivity contribution in [1.82, 2.24) is 14.8 Å². The first-order valence-electron chi connectivity index (χ1n) is 11.3. The molecule has 1 saturated carbocycles. The lowest BCUT2D eigenvalue weighted by atomic mass is 9.77. The number of hydrogen-bond acceptors (Lipinski definition) is 3. The maximum Gasteiger partial charge on any atom is 0.296 e. The van der Waals surface area contributed by atoms with Crippen LogP contribution in [0.4, 0.5) is 0 Å². The van der Waals surface area contributed by atoms with Crippen molar-refractivity contribution in [2.75, 3.05) is 0 Å². The topological polar surface area (TPSA) is 50.5 Å². The van der Waals surface area contributed by atoms with Crippen molar-refractivity contribution in [3.05, 3.63) is 91.1 Å². The van der Waals surface area contributed by atoms with Crippen LogP contribution in [-0.2, 0) is 6.54 Å². The van der Waals surface area contributed by atoms with Crippen LogP contribution in [0.25, 0.3) is 6.08 Å². The van der Waals surface area contributed by atoms with Gasteiger partial charge in [-0.2, -0.15) is 10.2 Å². The number of carbonyl (C=O) groups is 1. The van der Waals surface area contributed by atoms with Gasteiger partial charge in [0.05, 0.1) is 16.8 Å². The van der Waals surface area contributed by atoms with Gasteiger partial charge in [-0.05, 0) is 73.2 Å². The molecule has 5 nitrogen and oxygen atoms in total. The van der Waals surface area contributed by atoms with Crippen molar-refractivity contribution >= 4 is 61.2 Å². The Morgan fingerprint density at radius 1 is 1.12 bits per heavy atom. The molecule has 0 unspecified atom stereocenters. The molecule has 174 valence electrons. The molecule has 8 heteroatoms. The van der Waals surface area contributed by atoms with Crippen molar-refractivity contribution in [3.63, 3.8) is 0 Å². The summed E-state index contributed by atoms with van der Waals surface area (Å²) >= 11 is 13.4. The van der Waals surface area contributed by atoms with Crippen molar-refractivity contribution in [2.24, 2.45) is 11.0 Å². The van der Waals surface area contributed by atoms with E-state index in [2.05, 4.69) is 67.3 Å². The number of hydrazone groups is 1. The van der Waals surface area contributed by atoms with Crippen molar-refractivity contribution in [2.45, 2.75) is 38.8 Å². The summed E-state index contributed by atoms with van der Waals surface area (Å²) < 4.78 is 3.72. The van der Waals surface area contributed by atoms with Crippen LogP contribution in [0, 0.1) is 5.92 Å². The molecule has 1 aliphatic carbocycles. The third-order valence-corrected chi connectivity index (χ3v) is 7.71. The van der Waals surface area contributed by atoms with Crippen LogP contribution in [0.15, 0.2) is 74.3 Å². The standard InChI is InChI=1S/C26H23Br2ClN4O/c1-2-32-15-22(29)24(30-32)26(34)33-25(17-8-12-20(28)13-9-17)21-5-3-4-18(23(21)31-33)14-16-6-10-19(27)11-7-16/h6-15,21,25H,2-5H2,1H3/b18-14+/t21-,25-/m0/s1. The van der Waals surface area contributed by atoms with Crippen LogP contribution >= 0.6 is 43.5 Å². The Morgan fingerprint density at radius 2 is 1.79 bits per heavy atom. The minimum atomic E-state index is -0.269. The summed E-state index contributed by atoms with van der Waals surface area (Å²) in [6.45, 7) is 2.60. The minimum Gasteiger partial charge on any atom is -0.271 e. The Balaban J connectivity index is 1.58. The number of aromatic nitrogens is 2. The first-order chi connectivity index (χ1) is 16.4. The van der Waals surface area contributed by atoms with E-state index in [9.17, 15) is 4.79 Å². The lowest BCUT2D eigenvalue weighted by Gasteiger charge is -2.29. The second-order valence-electron chi connectivity index (χ2n) is 8.53. The van der Waals surface area contributed by atoms with Gasteiger partial charge in [-0.15, -0.1) is 0 Å². The summed E-state index contributed by atoms with van der Waals surface area (Å²) in [5.41, 5.74) is 4.59. The van der Waals surface area contributed by atoms with Gasteiger partial charge in [0, 0.05) is 27.6 Å². The van der Waals surface area contributed by atoms with Gasteiger partial charge in [-0.3, -0.25) is 9.48 Å². The van der Waals surface area contributed by atoms with Crippen LogP contribution in [0.3, 0.4) is 0 Å². The number of aryl methyl sites for hydroxylation is 1. The number of carbonyl (C=O) groups excluding carboxylic acids is 1. The van der Waals surface area contributed by atoms with Crippen LogP contribution in [0.2, 0.25) is 5.02 Å². The lowest BCUT2D eigenvalue weighted by molar-refractivity contribution is 0.0674. The highest BCUT2D eigenvalue weighted by atomic mass is 79.9. The quantitative estimate of drug-likeness (QED) is 0.310. The molecule has 5 rings (SSSR count). The first kappa shape index (κ1) is 23.5. The third kappa shape index (κ3) is 4.53. The van der Waals surface area contributed by atoms with Crippen molar-refractivity contribution in [3.8, 4) is 0 Å². The SMILES string of the molecule is CCn1cc(Cl)c(C(=O)N2N=C3/C(=C/c4ccc(Br)cc4)CCC[C@@H]3[C@@H]2c2ccc(Br)cc2)n1. The van der Waals surface area contributed by atoms with Gasteiger partial charge in [-0.25, -0.2) is 5.01 Å². The third-order valence-electron chi connectivity index (χ3n) is 6.38. The highest BCUT2D eigenvalue weighted by Crippen LogP contribution is 2.45. The summed E-state index contributed by atoms with van der Waals surface area (Å²) in [5.74, 6) is -0.150. The van der Waals surface area contributed by atoms with Gasteiger partial charge in [0.2, 0.25) is 0 Å². The van der Waals surface area contributed by atoms with E-state index in [0.717, 1.165) is 45.0 Å². The second kappa shape index (κ2) is 9.80. The summed E-state index contributed by atoms with van der Waals surface area (Å²) in [7, 11) is 0. The number of amides is 1. The number of halogens is 3. The summed E-state index contributed by atoms with van der Waals surface area (Å²) in [4.78, 5) is 13.7. The van der Waals surface area contributed by atoms with Crippen LogP contribution in [-0.4, -0.2) is 26.4 Å². The molecular weight excluding hydrogens is 580 g/mol. The van der Waals surface area contributed by atoms with Crippen LogP contribution < -0.4 is 0 Å². The number of hydrogen-bond donors (Lipinski definition) is 0. The zero-order valence-electron chi connectivity index (χ0n) is 18.6. The molecule has 0 radical (unpaired) electrons. The predicted molar refractivity (Wildman–Crippen MR) is 143 cm³/mol. The highest BCUT2D eigenvalue weighted by Gasteiger charge is 2.44. The molecule has 1 aromatic heterocycles. The van der Waals surface area contributed by atoms with Gasteiger partial charge in [0.25, 0.3) is 5.91 Å². The monoisotopic (exact) mass is 600 g/mol. The van der Waals surface area contributed by atoms with Gasteiger partial charge < -0.3 is 0 Å². The fourth-order valence-electron chi connectivity index (χ4n) is 4.73. The van der Waals surface area contributed by atoms with E-state index >= 15 is 0 Å². The average Bonchev–Trinajstić information content (AvgIpc) is 3.42. The fourth-order valence-corrected chi connectivity index (χ4v) is 5.49. The van der Waals surface area contributed by atoms with E-state index in [0.29, 0.717) is 11.6 Å². The Labute approximate surface area is 220 Å². The molecule has 3 aromatic rings. The van der Waals surface area contributed by atoms with Gasteiger partial charge in [0.1, 0.15) is 0 Å². The Bertz CT molecular complexity index is 1280. The average molecular weight is 603 g/mol. The summed E-state index contributed by atoms with van der Waals surface area (Å²) in [6, 6.07) is 16.2. The largest absolute Gasteiger partial charge is 0.296 e. The smallest absolute Gasteiger partial charge is 0.271 e. The first-order valence-corrected chi connectivity index (χ1v) is 13.3. The molecule has 1 amide bonds. The zero-order chi connectivity index (χ0) is 23.8. The van der Waals surface area contributed by atoms with Gasteiger partial charge >= 0.3 is 0 Å². The highest BCUT2D eigenvalue weighted by molar-refractivity contribution is 9.10. The lowest BCUT2D eigenvalue weighted by Crippen LogP contribution is -2.32. The van der Waals surface area contributed by atoms with Gasteiger partial charge in [0.15, 0.2) is 5.69 Å². The molecule has 0 bridgehead atoms. The Morgan fingerprint density at radius 3 is 2.44 bits per heavy atom. The molecule has 2 heterocycles. The van der Waals surface area contributed by atoms with Crippen molar-refractivity contribution in [1.29, 1.82) is 0 Å². The van der Waals surface area contributed by atoms with Gasteiger partial charge in [-0.1, -0.05) is 67.7 Å². The maximum atomic E-state index is 13.7. The Kier molecular flexibility index (Phi) is 6.78. The van der Waals surface area contributed by atoms with Crippen LogP contribution in [0.5, 0.6) is 0 Å². The minimum absolute atomic E-state index is 0.118. The molecule has 1 aliphatic heterocycles. The fraction of sp³-hybridized carbons (Fsp3) is 0.269. The predicted octanol–water partition coefficient (Wildman–Crippen LogP) is 7.52. The summed E-state index contributed by atoms with van der Waals surface area (Å²) in [5, 5.41) is 11.3. The molecule has 0 spiro atoms. The van der Waals surface area contributed by atoms with E-state index in [-0.39, 0.29) is 23.6 Å². The molecule has 2 aromatic carbocycles. The number of nitrogens with zero attached hydrogens (tertiary/aromatic N) is 4. The molecule has 1 fully saturated rings. The molecule has 2 atom stereocenters. The van der Waals surface area contributed by atoms with Crippen molar-refractivity contribution < 1.29 is 4.79 Å². The number of fused-ring (bicyclic) bond motifs is 1. The second-order valence-corrected chi connectivity index (χ2v) is 10.8.